The Kier molecular flexibility index (Phi) is 3.19. The maximum atomic E-state index is 12.7. The van der Waals surface area contributed by atoms with Crippen LogP contribution in [-0.2, 0) is 4.74 Å². The van der Waals surface area contributed by atoms with E-state index in [9.17, 15) is 4.79 Å². The number of benzene rings is 4. The van der Waals surface area contributed by atoms with E-state index in [0.717, 1.165) is 16.3 Å². The van der Waals surface area contributed by atoms with Crippen LogP contribution in [-0.4, -0.2) is 11.9 Å². The molecular formula is C23H16O2. The number of hydrogen-bond acceptors (Lipinski definition) is 2. The van der Waals surface area contributed by atoms with Gasteiger partial charge < -0.3 is 4.74 Å². The molecule has 4 aromatic carbocycles. The monoisotopic (exact) mass is 324 g/mol. The Bertz CT molecular complexity index is 1040. The summed E-state index contributed by atoms with van der Waals surface area (Å²) in [5, 5.41) is 4.68. The van der Waals surface area contributed by atoms with E-state index in [-0.39, 0.29) is 11.9 Å². The number of hydrogen-bond donors (Lipinski definition) is 0. The van der Waals surface area contributed by atoms with Gasteiger partial charge in [0.2, 0.25) is 0 Å². The Labute approximate surface area is 145 Å². The SMILES string of the molecule is O=C(c1ccccc1)[C@H]1O[C@@H]1c1c2ccccc2cc2ccccc12. The fourth-order valence-electron chi connectivity index (χ4n) is 3.65. The summed E-state index contributed by atoms with van der Waals surface area (Å²) in [6.07, 6.45) is -0.569. The fraction of sp³-hybridized carbons (Fsp3) is 0.0870. The Morgan fingerprint density at radius 2 is 1.28 bits per heavy atom. The predicted octanol–water partition coefficient (Wildman–Crippen LogP) is 5.32. The quantitative estimate of drug-likeness (QED) is 0.290. The Hall–Kier alpha value is -2.97. The molecule has 0 radical (unpaired) electrons. The zero-order valence-electron chi connectivity index (χ0n) is 13.6. The molecule has 0 N–H and O–H groups in total. The van der Waals surface area contributed by atoms with E-state index in [0.29, 0.717) is 5.56 Å². The third-order valence-electron chi connectivity index (χ3n) is 4.91. The van der Waals surface area contributed by atoms with Crippen molar-refractivity contribution in [3.8, 4) is 0 Å². The van der Waals surface area contributed by atoms with Crippen molar-refractivity contribution in [3.63, 3.8) is 0 Å². The van der Waals surface area contributed by atoms with Crippen LogP contribution in [0, 0.1) is 0 Å². The van der Waals surface area contributed by atoms with Crippen molar-refractivity contribution in [3.05, 3.63) is 96.1 Å². The molecule has 120 valence electrons. The van der Waals surface area contributed by atoms with Crippen molar-refractivity contribution in [2.24, 2.45) is 0 Å². The number of rotatable bonds is 3. The highest BCUT2D eigenvalue weighted by molar-refractivity contribution is 6.06. The molecule has 4 aromatic rings. The first-order chi connectivity index (χ1) is 12.3. The lowest BCUT2D eigenvalue weighted by atomic mass is 9.92. The smallest absolute Gasteiger partial charge is 0.194 e. The second kappa shape index (κ2) is 5.54. The molecule has 25 heavy (non-hydrogen) atoms. The van der Waals surface area contributed by atoms with Crippen molar-refractivity contribution in [1.29, 1.82) is 0 Å². The van der Waals surface area contributed by atoms with Crippen LogP contribution in [0.2, 0.25) is 0 Å². The zero-order valence-corrected chi connectivity index (χ0v) is 13.6. The third-order valence-corrected chi connectivity index (χ3v) is 4.91. The molecule has 0 bridgehead atoms. The van der Waals surface area contributed by atoms with E-state index in [1.165, 1.54) is 10.8 Å². The molecule has 2 atom stereocenters. The average molecular weight is 324 g/mol. The van der Waals surface area contributed by atoms with Gasteiger partial charge in [-0.2, -0.15) is 0 Å². The molecule has 1 fully saturated rings. The van der Waals surface area contributed by atoms with Crippen LogP contribution < -0.4 is 0 Å². The standard InChI is InChI=1S/C23H16O2/c24-21(15-8-2-1-3-9-15)23-22(25-23)20-18-12-6-4-10-16(18)14-17-11-5-7-13-19(17)20/h1-14,22-23H/t22-,23-/m1/s1. The summed E-state index contributed by atoms with van der Waals surface area (Å²) in [6.45, 7) is 0. The van der Waals surface area contributed by atoms with Gasteiger partial charge in [0, 0.05) is 5.56 Å². The van der Waals surface area contributed by atoms with Crippen molar-refractivity contribution >= 4 is 27.3 Å². The van der Waals surface area contributed by atoms with Gasteiger partial charge in [0.1, 0.15) is 6.10 Å². The van der Waals surface area contributed by atoms with Crippen LogP contribution in [0.5, 0.6) is 0 Å². The lowest BCUT2D eigenvalue weighted by molar-refractivity contribution is 0.0953. The van der Waals surface area contributed by atoms with E-state index >= 15 is 0 Å². The minimum absolute atomic E-state index is 0.0580. The van der Waals surface area contributed by atoms with E-state index in [2.05, 4.69) is 30.3 Å². The molecule has 1 aliphatic rings. The topological polar surface area (TPSA) is 29.6 Å². The Morgan fingerprint density at radius 1 is 0.720 bits per heavy atom. The lowest BCUT2D eigenvalue weighted by Gasteiger charge is -2.09. The Balaban J connectivity index is 1.64. The van der Waals surface area contributed by atoms with Crippen LogP contribution in [0.1, 0.15) is 22.0 Å². The van der Waals surface area contributed by atoms with Crippen LogP contribution >= 0.6 is 0 Å². The Morgan fingerprint density at radius 3 is 1.92 bits per heavy atom. The average Bonchev–Trinajstić information content (AvgIpc) is 3.46. The van der Waals surface area contributed by atoms with Gasteiger partial charge >= 0.3 is 0 Å². The molecule has 0 spiro atoms. The number of ether oxygens (including phenoxy) is 1. The van der Waals surface area contributed by atoms with Crippen LogP contribution in [0.3, 0.4) is 0 Å². The van der Waals surface area contributed by atoms with Gasteiger partial charge in [0.25, 0.3) is 0 Å². The molecule has 0 aliphatic carbocycles. The first kappa shape index (κ1) is 14.4. The summed E-state index contributed by atoms with van der Waals surface area (Å²) in [7, 11) is 0. The van der Waals surface area contributed by atoms with Crippen molar-refractivity contribution < 1.29 is 9.53 Å². The minimum Gasteiger partial charge on any atom is -0.356 e. The molecule has 0 unspecified atom stereocenters. The van der Waals surface area contributed by atoms with Crippen LogP contribution in [0.15, 0.2) is 84.9 Å². The van der Waals surface area contributed by atoms with Gasteiger partial charge in [-0.3, -0.25) is 4.79 Å². The van der Waals surface area contributed by atoms with Gasteiger partial charge in [-0.15, -0.1) is 0 Å². The van der Waals surface area contributed by atoms with Crippen molar-refractivity contribution in [2.45, 2.75) is 12.2 Å². The maximum absolute atomic E-state index is 12.7. The summed E-state index contributed by atoms with van der Waals surface area (Å²) in [6, 6.07) is 28.2. The molecule has 5 rings (SSSR count). The number of fused-ring (bicyclic) bond motifs is 2. The summed E-state index contributed by atoms with van der Waals surface area (Å²) in [5.41, 5.74) is 1.84. The summed E-state index contributed by atoms with van der Waals surface area (Å²) in [4.78, 5) is 12.7. The molecular weight excluding hydrogens is 308 g/mol. The highest BCUT2D eigenvalue weighted by Crippen LogP contribution is 2.46. The largest absolute Gasteiger partial charge is 0.356 e. The van der Waals surface area contributed by atoms with E-state index in [1.807, 2.05) is 54.6 Å². The first-order valence-corrected chi connectivity index (χ1v) is 8.48. The van der Waals surface area contributed by atoms with Crippen molar-refractivity contribution in [1.82, 2.24) is 0 Å². The molecule has 2 heteroatoms. The lowest BCUT2D eigenvalue weighted by Crippen LogP contribution is -2.08. The first-order valence-electron chi connectivity index (χ1n) is 8.48. The molecule has 0 saturated carbocycles. The van der Waals surface area contributed by atoms with Gasteiger partial charge in [-0.25, -0.2) is 0 Å². The molecule has 1 aliphatic heterocycles. The molecule has 0 amide bonds. The molecule has 1 heterocycles. The third kappa shape index (κ3) is 2.34. The summed E-state index contributed by atoms with van der Waals surface area (Å²) < 4.78 is 5.89. The normalized spacial score (nSPS) is 19.2. The predicted molar refractivity (Wildman–Crippen MR) is 99.8 cm³/mol. The fourth-order valence-corrected chi connectivity index (χ4v) is 3.65. The molecule has 1 saturated heterocycles. The van der Waals surface area contributed by atoms with E-state index < -0.39 is 6.10 Å². The van der Waals surface area contributed by atoms with E-state index in [1.54, 1.807) is 0 Å². The molecule has 0 aromatic heterocycles. The van der Waals surface area contributed by atoms with Gasteiger partial charge in [-0.05, 0) is 33.2 Å². The van der Waals surface area contributed by atoms with Gasteiger partial charge in [0.15, 0.2) is 11.9 Å². The van der Waals surface area contributed by atoms with Crippen LogP contribution in [0.4, 0.5) is 0 Å². The number of epoxide rings is 1. The highest BCUT2D eigenvalue weighted by Gasteiger charge is 2.47. The molecule has 2 nitrogen and oxygen atoms in total. The summed E-state index contributed by atoms with van der Waals surface area (Å²) in [5.74, 6) is 0.0580. The number of carbonyl (C=O) groups is 1. The number of carbonyl (C=O) groups excluding carboxylic acids is 1. The van der Waals surface area contributed by atoms with Crippen molar-refractivity contribution in [2.75, 3.05) is 0 Å². The van der Waals surface area contributed by atoms with Gasteiger partial charge in [0.05, 0.1) is 0 Å². The maximum Gasteiger partial charge on any atom is 0.194 e. The second-order valence-electron chi connectivity index (χ2n) is 6.44. The number of ketones is 1. The van der Waals surface area contributed by atoms with Gasteiger partial charge in [-0.1, -0.05) is 78.9 Å². The zero-order chi connectivity index (χ0) is 16.8. The minimum atomic E-state index is -0.392. The number of Topliss-reactive ketones (excluding diaryl/α,β-unsaturated/α-hetero) is 1. The second-order valence-corrected chi connectivity index (χ2v) is 6.44. The van der Waals surface area contributed by atoms with E-state index in [4.69, 9.17) is 4.74 Å². The van der Waals surface area contributed by atoms with Crippen LogP contribution in [0.25, 0.3) is 21.5 Å². The summed E-state index contributed by atoms with van der Waals surface area (Å²) >= 11 is 0. The highest BCUT2D eigenvalue weighted by atomic mass is 16.6.